The number of rotatable bonds is 15. The summed E-state index contributed by atoms with van der Waals surface area (Å²) in [6.07, 6.45) is 1.14. The first-order valence-electron chi connectivity index (χ1n) is 12.5. The van der Waals surface area contributed by atoms with Crippen LogP contribution in [-0.2, 0) is 31.1 Å². The molecule has 0 spiro atoms. The van der Waals surface area contributed by atoms with Gasteiger partial charge in [0.05, 0.1) is 22.8 Å². The maximum Gasteiger partial charge on any atom is 0.243 e. The van der Waals surface area contributed by atoms with Crippen molar-refractivity contribution < 1.29 is 31.5 Å². The van der Waals surface area contributed by atoms with E-state index < -0.39 is 43.8 Å². The zero-order valence-corrected chi connectivity index (χ0v) is 23.9. The van der Waals surface area contributed by atoms with E-state index in [9.17, 15) is 31.5 Å². The number of hydrogen-bond donors (Lipinski definition) is 2. The number of nitrogens with zero attached hydrogens (tertiary/aromatic N) is 1. The Labute approximate surface area is 226 Å². The lowest BCUT2D eigenvalue weighted by Crippen LogP contribution is -2.52. The van der Waals surface area contributed by atoms with Crippen LogP contribution in [0.3, 0.4) is 0 Å². The van der Waals surface area contributed by atoms with E-state index in [1.165, 1.54) is 35.5 Å². The normalized spacial score (nSPS) is 14.7. The molecular formula is C27H38N2O7S2. The molecule has 2 N–H and O–H groups in total. The lowest BCUT2D eigenvalue weighted by atomic mass is 10.00. The van der Waals surface area contributed by atoms with Crippen molar-refractivity contribution in [1.82, 2.24) is 9.62 Å². The van der Waals surface area contributed by atoms with E-state index in [1.54, 1.807) is 0 Å². The molecule has 38 heavy (non-hydrogen) atoms. The minimum Gasteiger partial charge on any atom is -0.390 e. The largest absolute Gasteiger partial charge is 0.390 e. The van der Waals surface area contributed by atoms with Crippen molar-refractivity contribution in [3.05, 3.63) is 65.7 Å². The summed E-state index contributed by atoms with van der Waals surface area (Å²) in [4.78, 5) is 23.8. The van der Waals surface area contributed by atoms with Crippen LogP contribution in [0.5, 0.6) is 0 Å². The number of aliphatic hydroxyl groups is 1. The van der Waals surface area contributed by atoms with Crippen molar-refractivity contribution in [2.45, 2.75) is 50.7 Å². The average Bonchev–Trinajstić information content (AvgIpc) is 2.85. The van der Waals surface area contributed by atoms with Crippen LogP contribution in [0, 0.1) is 11.8 Å². The van der Waals surface area contributed by atoms with E-state index in [4.69, 9.17) is 0 Å². The standard InChI is InChI=1S/C27H38N2O7S2/c1-20(2)14-15-29(38(35,36)24-12-10-23(18-30)11-13-24)17-26(31)25(16-22-8-6-5-7-9-22)28-27(32)21(3)19-37(4,33)34/h5-13,18,20-21,25-26,31H,14-17,19H2,1-4H3,(H,28,32)/t21-,25+,26-/m1/s1. The summed E-state index contributed by atoms with van der Waals surface area (Å²) in [7, 11) is -7.43. The van der Waals surface area contributed by atoms with Crippen molar-refractivity contribution >= 4 is 32.1 Å². The number of nitrogens with one attached hydrogen (secondary N) is 1. The zero-order chi connectivity index (χ0) is 28.5. The van der Waals surface area contributed by atoms with Crippen molar-refractivity contribution in [1.29, 1.82) is 0 Å². The van der Waals surface area contributed by atoms with Gasteiger partial charge in [0.1, 0.15) is 16.1 Å². The first-order chi connectivity index (χ1) is 17.7. The number of aldehydes is 1. The Kier molecular flexibility index (Phi) is 11.6. The molecule has 2 rings (SSSR count). The molecule has 0 saturated carbocycles. The fourth-order valence-electron chi connectivity index (χ4n) is 3.92. The van der Waals surface area contributed by atoms with Gasteiger partial charge in [0.25, 0.3) is 0 Å². The van der Waals surface area contributed by atoms with Gasteiger partial charge >= 0.3 is 0 Å². The van der Waals surface area contributed by atoms with Gasteiger partial charge < -0.3 is 10.4 Å². The van der Waals surface area contributed by atoms with Crippen molar-refractivity contribution in [3.63, 3.8) is 0 Å². The Bertz CT molecular complexity index is 1260. The molecule has 0 aromatic heterocycles. The molecule has 0 bridgehead atoms. The maximum absolute atomic E-state index is 13.5. The number of sulfone groups is 1. The number of hydrogen-bond acceptors (Lipinski definition) is 7. The first kappa shape index (κ1) is 31.6. The molecule has 0 fully saturated rings. The smallest absolute Gasteiger partial charge is 0.243 e. The van der Waals surface area contributed by atoms with Gasteiger partial charge in [0.15, 0.2) is 0 Å². The molecule has 0 heterocycles. The van der Waals surface area contributed by atoms with Gasteiger partial charge in [-0.1, -0.05) is 63.2 Å². The number of carbonyl (C=O) groups is 2. The lowest BCUT2D eigenvalue weighted by molar-refractivity contribution is -0.125. The van der Waals surface area contributed by atoms with Crippen LogP contribution in [0.2, 0.25) is 0 Å². The van der Waals surface area contributed by atoms with Crippen molar-refractivity contribution in [3.8, 4) is 0 Å². The van der Waals surface area contributed by atoms with Gasteiger partial charge in [-0.15, -0.1) is 0 Å². The van der Waals surface area contributed by atoms with Crippen LogP contribution in [0.1, 0.15) is 43.1 Å². The Morgan fingerprint density at radius 1 is 1.00 bits per heavy atom. The summed E-state index contributed by atoms with van der Waals surface area (Å²) in [6.45, 7) is 5.26. The summed E-state index contributed by atoms with van der Waals surface area (Å²) in [5.41, 5.74) is 1.15. The van der Waals surface area contributed by atoms with Crippen LogP contribution in [0.4, 0.5) is 0 Å². The molecule has 2 aromatic rings. The Morgan fingerprint density at radius 3 is 2.13 bits per heavy atom. The fraction of sp³-hybridized carbons (Fsp3) is 0.481. The molecule has 1 amide bonds. The first-order valence-corrected chi connectivity index (χ1v) is 16.0. The van der Waals surface area contributed by atoms with E-state index in [1.807, 2.05) is 44.2 Å². The monoisotopic (exact) mass is 566 g/mol. The molecule has 0 saturated heterocycles. The molecule has 210 valence electrons. The Balaban J connectivity index is 2.35. The van der Waals surface area contributed by atoms with E-state index in [-0.39, 0.29) is 36.1 Å². The van der Waals surface area contributed by atoms with E-state index in [0.717, 1.165) is 11.8 Å². The molecule has 0 radical (unpaired) electrons. The number of aliphatic hydroxyl groups excluding tert-OH is 1. The van der Waals surface area contributed by atoms with E-state index in [2.05, 4.69) is 5.32 Å². The van der Waals surface area contributed by atoms with Crippen LogP contribution in [0.15, 0.2) is 59.5 Å². The van der Waals surface area contributed by atoms with Crippen molar-refractivity contribution in [2.24, 2.45) is 11.8 Å². The predicted molar refractivity (Wildman–Crippen MR) is 147 cm³/mol. The average molecular weight is 567 g/mol. The highest BCUT2D eigenvalue weighted by molar-refractivity contribution is 7.90. The summed E-state index contributed by atoms with van der Waals surface area (Å²) in [6, 6.07) is 13.8. The van der Waals surface area contributed by atoms with Crippen molar-refractivity contribution in [2.75, 3.05) is 25.1 Å². The predicted octanol–water partition coefficient (Wildman–Crippen LogP) is 2.31. The molecule has 0 aliphatic rings. The number of carbonyl (C=O) groups excluding carboxylic acids is 2. The Morgan fingerprint density at radius 2 is 1.61 bits per heavy atom. The second-order valence-electron chi connectivity index (χ2n) is 10.1. The van der Waals surface area contributed by atoms with Gasteiger partial charge in [-0.05, 0) is 36.5 Å². The number of amides is 1. The SMILES string of the molecule is CC(C)CCN(C[C@@H](O)[C@H](Cc1ccccc1)NC(=O)[C@H](C)CS(C)(=O)=O)S(=O)(=O)c1ccc(C=O)cc1. The summed E-state index contributed by atoms with van der Waals surface area (Å²) in [5, 5.41) is 14.0. The fourth-order valence-corrected chi connectivity index (χ4v) is 6.45. The molecule has 3 atom stereocenters. The zero-order valence-electron chi connectivity index (χ0n) is 22.3. The van der Waals surface area contributed by atoms with Crippen LogP contribution >= 0.6 is 0 Å². The highest BCUT2D eigenvalue weighted by Gasteiger charge is 2.32. The van der Waals surface area contributed by atoms with Gasteiger partial charge in [0.2, 0.25) is 15.9 Å². The van der Waals surface area contributed by atoms with E-state index >= 15 is 0 Å². The van der Waals surface area contributed by atoms with Gasteiger partial charge in [-0.25, -0.2) is 16.8 Å². The molecule has 0 aliphatic heterocycles. The van der Waals surface area contributed by atoms with Gasteiger partial charge in [0, 0.05) is 30.8 Å². The quantitative estimate of drug-likeness (QED) is 0.316. The highest BCUT2D eigenvalue weighted by Crippen LogP contribution is 2.20. The summed E-state index contributed by atoms with van der Waals surface area (Å²) < 4.78 is 51.6. The van der Waals surface area contributed by atoms with Gasteiger partial charge in [-0.2, -0.15) is 4.31 Å². The number of benzene rings is 2. The molecule has 9 nitrogen and oxygen atoms in total. The third kappa shape index (κ3) is 9.94. The van der Waals surface area contributed by atoms with Crippen LogP contribution in [0.25, 0.3) is 0 Å². The van der Waals surface area contributed by atoms with Gasteiger partial charge in [-0.3, -0.25) is 9.59 Å². The summed E-state index contributed by atoms with van der Waals surface area (Å²) in [5.74, 6) is -1.55. The second-order valence-corrected chi connectivity index (χ2v) is 14.2. The third-order valence-corrected chi connectivity index (χ3v) is 9.08. The molecule has 0 unspecified atom stereocenters. The highest BCUT2D eigenvalue weighted by atomic mass is 32.2. The van der Waals surface area contributed by atoms with E-state index in [0.29, 0.717) is 18.3 Å². The third-order valence-electron chi connectivity index (χ3n) is 6.09. The minimum absolute atomic E-state index is 0.00974. The maximum atomic E-state index is 13.5. The minimum atomic E-state index is -4.03. The number of sulfonamides is 1. The molecule has 11 heteroatoms. The molecule has 2 aromatic carbocycles. The van der Waals surface area contributed by atoms with Crippen LogP contribution in [-0.4, -0.2) is 75.7 Å². The molecular weight excluding hydrogens is 528 g/mol. The topological polar surface area (TPSA) is 138 Å². The lowest BCUT2D eigenvalue weighted by Gasteiger charge is -2.31. The molecule has 0 aliphatic carbocycles. The Hall–Kier alpha value is -2.60. The second kappa shape index (κ2) is 14.0. The van der Waals surface area contributed by atoms with Crippen LogP contribution < -0.4 is 5.32 Å². The summed E-state index contributed by atoms with van der Waals surface area (Å²) >= 11 is 0.